The largest absolute Gasteiger partial charge is 0.333 e. The maximum Gasteiger partial charge on any atom is 0.0948 e. The third-order valence-electron chi connectivity index (χ3n) is 4.10. The summed E-state index contributed by atoms with van der Waals surface area (Å²) in [4.78, 5) is 4.33. The fourth-order valence-electron chi connectivity index (χ4n) is 3.02. The van der Waals surface area contributed by atoms with Gasteiger partial charge in [-0.1, -0.05) is 19.8 Å². The zero-order chi connectivity index (χ0) is 13.9. The molecule has 1 aromatic heterocycles. The first-order valence-electron chi connectivity index (χ1n) is 7.68. The summed E-state index contributed by atoms with van der Waals surface area (Å²) in [7, 11) is 0. The highest BCUT2D eigenvalue weighted by molar-refractivity contribution is 4.99. The van der Waals surface area contributed by atoms with Crippen LogP contribution in [0.1, 0.15) is 59.1 Å². The molecule has 1 aliphatic rings. The van der Waals surface area contributed by atoms with Crippen molar-refractivity contribution in [1.29, 1.82) is 0 Å². The van der Waals surface area contributed by atoms with Crippen molar-refractivity contribution in [2.45, 2.75) is 72.0 Å². The van der Waals surface area contributed by atoms with E-state index in [2.05, 4.69) is 42.6 Å². The zero-order valence-electron chi connectivity index (χ0n) is 12.9. The van der Waals surface area contributed by atoms with E-state index in [0.717, 1.165) is 24.9 Å². The van der Waals surface area contributed by atoms with E-state index >= 15 is 0 Å². The second-order valence-electron chi connectivity index (χ2n) is 7.28. The molecule has 1 heterocycles. The number of rotatable bonds is 4. The summed E-state index contributed by atoms with van der Waals surface area (Å²) in [6, 6.07) is 0. The fourth-order valence-corrected chi connectivity index (χ4v) is 3.02. The fraction of sp³-hybridized carbons (Fsp3) is 0.812. The Morgan fingerprint density at radius 3 is 2.84 bits per heavy atom. The Bertz CT molecular complexity index is 389. The van der Waals surface area contributed by atoms with Gasteiger partial charge in [0.25, 0.3) is 0 Å². The maximum atomic E-state index is 4.33. The zero-order valence-corrected chi connectivity index (χ0v) is 12.9. The third-order valence-corrected chi connectivity index (χ3v) is 4.10. The maximum absolute atomic E-state index is 4.33. The Morgan fingerprint density at radius 2 is 2.16 bits per heavy atom. The molecule has 0 saturated heterocycles. The standard InChI is InChI=1S/C16H29N3/c1-13-6-5-7-14(8-13)11-19-12-17-9-15(19)10-18-16(2,3)4/h9,12-14,18H,5-8,10-11H2,1-4H3. The van der Waals surface area contributed by atoms with Crippen molar-refractivity contribution < 1.29 is 0 Å². The molecule has 1 saturated carbocycles. The molecule has 2 unspecified atom stereocenters. The smallest absolute Gasteiger partial charge is 0.0948 e. The van der Waals surface area contributed by atoms with Crippen LogP contribution in [0.2, 0.25) is 0 Å². The van der Waals surface area contributed by atoms with E-state index < -0.39 is 0 Å². The minimum atomic E-state index is 0.161. The highest BCUT2D eigenvalue weighted by Crippen LogP contribution is 2.29. The molecule has 108 valence electrons. The van der Waals surface area contributed by atoms with Crippen LogP contribution in [0.5, 0.6) is 0 Å². The number of hydrogen-bond donors (Lipinski definition) is 1. The van der Waals surface area contributed by atoms with Crippen molar-refractivity contribution in [3.63, 3.8) is 0 Å². The Balaban J connectivity index is 1.91. The first-order valence-corrected chi connectivity index (χ1v) is 7.68. The van der Waals surface area contributed by atoms with Gasteiger partial charge in [-0.05, 0) is 45.4 Å². The van der Waals surface area contributed by atoms with E-state index in [4.69, 9.17) is 0 Å². The average molecular weight is 263 g/mol. The van der Waals surface area contributed by atoms with Gasteiger partial charge < -0.3 is 9.88 Å². The number of imidazole rings is 1. The number of hydrogen-bond acceptors (Lipinski definition) is 2. The Hall–Kier alpha value is -0.830. The average Bonchev–Trinajstić information content (AvgIpc) is 2.73. The Labute approximate surface area is 117 Å². The Morgan fingerprint density at radius 1 is 1.37 bits per heavy atom. The van der Waals surface area contributed by atoms with Crippen molar-refractivity contribution in [3.05, 3.63) is 18.2 Å². The van der Waals surface area contributed by atoms with Gasteiger partial charge in [-0.2, -0.15) is 0 Å². The molecule has 0 aliphatic heterocycles. The van der Waals surface area contributed by atoms with Crippen LogP contribution in [0, 0.1) is 11.8 Å². The molecule has 0 amide bonds. The van der Waals surface area contributed by atoms with Gasteiger partial charge in [0, 0.05) is 24.8 Å². The minimum Gasteiger partial charge on any atom is -0.333 e. The van der Waals surface area contributed by atoms with Gasteiger partial charge in [-0.3, -0.25) is 0 Å². The first kappa shape index (κ1) is 14.6. The van der Waals surface area contributed by atoms with Crippen molar-refractivity contribution in [1.82, 2.24) is 14.9 Å². The van der Waals surface area contributed by atoms with Gasteiger partial charge in [-0.25, -0.2) is 4.98 Å². The lowest BCUT2D eigenvalue weighted by atomic mass is 9.82. The van der Waals surface area contributed by atoms with Crippen molar-refractivity contribution >= 4 is 0 Å². The second-order valence-corrected chi connectivity index (χ2v) is 7.28. The van der Waals surface area contributed by atoms with Crippen LogP contribution in [-0.2, 0) is 13.1 Å². The molecule has 0 radical (unpaired) electrons. The molecule has 19 heavy (non-hydrogen) atoms. The van der Waals surface area contributed by atoms with Crippen molar-refractivity contribution in [2.75, 3.05) is 0 Å². The molecular formula is C16H29N3. The molecule has 1 N–H and O–H groups in total. The highest BCUT2D eigenvalue weighted by atomic mass is 15.1. The van der Waals surface area contributed by atoms with Crippen LogP contribution in [0.15, 0.2) is 12.5 Å². The lowest BCUT2D eigenvalue weighted by Crippen LogP contribution is -2.35. The first-order chi connectivity index (χ1) is 8.94. The minimum absolute atomic E-state index is 0.161. The summed E-state index contributed by atoms with van der Waals surface area (Å²) in [6.45, 7) is 11.1. The summed E-state index contributed by atoms with van der Waals surface area (Å²) in [5.41, 5.74) is 1.47. The molecule has 0 spiro atoms. The van der Waals surface area contributed by atoms with Crippen LogP contribution < -0.4 is 5.32 Å². The Kier molecular flexibility index (Phi) is 4.67. The van der Waals surface area contributed by atoms with Crippen LogP contribution in [0.3, 0.4) is 0 Å². The number of aromatic nitrogens is 2. The third kappa shape index (κ3) is 4.64. The van der Waals surface area contributed by atoms with Gasteiger partial charge in [0.05, 0.1) is 12.0 Å². The summed E-state index contributed by atoms with van der Waals surface area (Å²) < 4.78 is 2.35. The van der Waals surface area contributed by atoms with Gasteiger partial charge in [0.15, 0.2) is 0 Å². The normalized spacial score (nSPS) is 24.6. The molecular weight excluding hydrogens is 234 g/mol. The molecule has 2 atom stereocenters. The van der Waals surface area contributed by atoms with E-state index in [0.29, 0.717) is 0 Å². The topological polar surface area (TPSA) is 29.9 Å². The molecule has 1 fully saturated rings. The van der Waals surface area contributed by atoms with E-state index in [1.165, 1.54) is 31.4 Å². The van der Waals surface area contributed by atoms with Crippen molar-refractivity contribution in [2.24, 2.45) is 11.8 Å². The van der Waals surface area contributed by atoms with Gasteiger partial charge in [0.1, 0.15) is 0 Å². The SMILES string of the molecule is CC1CCCC(Cn2cncc2CNC(C)(C)C)C1. The predicted octanol–water partition coefficient (Wildman–Crippen LogP) is 3.60. The van der Waals surface area contributed by atoms with Gasteiger partial charge in [-0.15, -0.1) is 0 Å². The lowest BCUT2D eigenvalue weighted by molar-refractivity contribution is 0.254. The molecule has 2 rings (SSSR count). The summed E-state index contributed by atoms with van der Waals surface area (Å²) in [6.07, 6.45) is 9.58. The number of nitrogens with zero attached hydrogens (tertiary/aromatic N) is 2. The predicted molar refractivity (Wildman–Crippen MR) is 79.9 cm³/mol. The van der Waals surface area contributed by atoms with E-state index in [-0.39, 0.29) is 5.54 Å². The quantitative estimate of drug-likeness (QED) is 0.899. The molecule has 0 aromatic carbocycles. The van der Waals surface area contributed by atoms with Gasteiger partial charge >= 0.3 is 0 Å². The van der Waals surface area contributed by atoms with Crippen LogP contribution >= 0.6 is 0 Å². The molecule has 3 heteroatoms. The molecule has 3 nitrogen and oxygen atoms in total. The van der Waals surface area contributed by atoms with E-state index in [1.807, 2.05) is 12.5 Å². The van der Waals surface area contributed by atoms with Crippen LogP contribution in [-0.4, -0.2) is 15.1 Å². The van der Waals surface area contributed by atoms with E-state index in [1.54, 1.807) is 0 Å². The second kappa shape index (κ2) is 6.08. The highest BCUT2D eigenvalue weighted by Gasteiger charge is 2.20. The number of nitrogens with one attached hydrogen (secondary N) is 1. The summed E-state index contributed by atoms with van der Waals surface area (Å²) >= 11 is 0. The van der Waals surface area contributed by atoms with E-state index in [9.17, 15) is 0 Å². The lowest BCUT2D eigenvalue weighted by Gasteiger charge is -2.28. The van der Waals surface area contributed by atoms with Crippen LogP contribution in [0.4, 0.5) is 0 Å². The molecule has 1 aromatic rings. The molecule has 1 aliphatic carbocycles. The summed E-state index contributed by atoms with van der Waals surface area (Å²) in [5, 5.41) is 3.55. The van der Waals surface area contributed by atoms with Crippen molar-refractivity contribution in [3.8, 4) is 0 Å². The van der Waals surface area contributed by atoms with Gasteiger partial charge in [0.2, 0.25) is 0 Å². The molecule has 0 bridgehead atoms. The van der Waals surface area contributed by atoms with Crippen LogP contribution in [0.25, 0.3) is 0 Å². The monoisotopic (exact) mass is 263 g/mol. The summed E-state index contributed by atoms with van der Waals surface area (Å²) in [5.74, 6) is 1.74.